The standard InChI is InChI=1S/C17H24F2N2O/c1-21(12-14-8-9-15(18)16(19)11-14)17(22)20-10-4-7-13-5-2-3-6-13/h8-9,11,13H,2-7,10,12H2,1H3,(H,20,22). The number of hydrogen-bond acceptors (Lipinski definition) is 1. The second kappa shape index (κ2) is 8.11. The van der Waals surface area contributed by atoms with Crippen LogP contribution in [0.15, 0.2) is 18.2 Å². The molecule has 1 aromatic carbocycles. The fourth-order valence-corrected chi connectivity index (χ4v) is 3.00. The number of nitrogens with zero attached hydrogens (tertiary/aromatic N) is 1. The molecule has 0 radical (unpaired) electrons. The molecule has 3 nitrogen and oxygen atoms in total. The van der Waals surface area contributed by atoms with Gasteiger partial charge in [-0.05, 0) is 36.5 Å². The molecule has 0 atom stereocenters. The molecule has 1 aliphatic carbocycles. The third kappa shape index (κ3) is 4.97. The van der Waals surface area contributed by atoms with Gasteiger partial charge in [0.25, 0.3) is 0 Å². The fraction of sp³-hybridized carbons (Fsp3) is 0.588. The van der Waals surface area contributed by atoms with E-state index in [-0.39, 0.29) is 12.6 Å². The van der Waals surface area contributed by atoms with Gasteiger partial charge in [-0.3, -0.25) is 0 Å². The molecule has 22 heavy (non-hydrogen) atoms. The number of carbonyl (C=O) groups is 1. The van der Waals surface area contributed by atoms with Gasteiger partial charge < -0.3 is 10.2 Å². The zero-order valence-corrected chi connectivity index (χ0v) is 13.1. The van der Waals surface area contributed by atoms with Crippen LogP contribution in [-0.2, 0) is 6.54 Å². The maximum Gasteiger partial charge on any atom is 0.317 e. The Balaban J connectivity index is 1.68. The van der Waals surface area contributed by atoms with E-state index in [1.54, 1.807) is 7.05 Å². The van der Waals surface area contributed by atoms with Crippen LogP contribution in [0.2, 0.25) is 0 Å². The first-order valence-corrected chi connectivity index (χ1v) is 7.99. The van der Waals surface area contributed by atoms with Gasteiger partial charge in [-0.25, -0.2) is 13.6 Å². The Labute approximate surface area is 130 Å². The summed E-state index contributed by atoms with van der Waals surface area (Å²) in [5.41, 5.74) is 0.572. The van der Waals surface area contributed by atoms with E-state index in [0.717, 1.165) is 24.5 Å². The van der Waals surface area contributed by atoms with E-state index in [1.165, 1.54) is 43.1 Å². The van der Waals surface area contributed by atoms with Crippen LogP contribution in [-0.4, -0.2) is 24.5 Å². The summed E-state index contributed by atoms with van der Waals surface area (Å²) in [5.74, 6) is -0.928. The number of benzene rings is 1. The lowest BCUT2D eigenvalue weighted by molar-refractivity contribution is 0.206. The quantitative estimate of drug-likeness (QED) is 0.789. The topological polar surface area (TPSA) is 32.3 Å². The Morgan fingerprint density at radius 3 is 2.68 bits per heavy atom. The van der Waals surface area contributed by atoms with Crippen LogP contribution in [0.3, 0.4) is 0 Å². The summed E-state index contributed by atoms with van der Waals surface area (Å²) in [6, 6.07) is 3.51. The van der Waals surface area contributed by atoms with Crippen molar-refractivity contribution in [1.82, 2.24) is 10.2 Å². The zero-order valence-electron chi connectivity index (χ0n) is 13.1. The summed E-state index contributed by atoms with van der Waals surface area (Å²) < 4.78 is 26.0. The van der Waals surface area contributed by atoms with Gasteiger partial charge in [0.15, 0.2) is 11.6 Å². The van der Waals surface area contributed by atoms with E-state index < -0.39 is 11.6 Å². The van der Waals surface area contributed by atoms with Crippen molar-refractivity contribution in [1.29, 1.82) is 0 Å². The molecule has 1 aromatic rings. The van der Waals surface area contributed by atoms with Crippen molar-refractivity contribution < 1.29 is 13.6 Å². The van der Waals surface area contributed by atoms with Crippen LogP contribution in [0.1, 0.15) is 44.1 Å². The van der Waals surface area contributed by atoms with Gasteiger partial charge in [0.2, 0.25) is 0 Å². The lowest BCUT2D eigenvalue weighted by atomic mass is 10.0. The van der Waals surface area contributed by atoms with Crippen LogP contribution in [0.25, 0.3) is 0 Å². The van der Waals surface area contributed by atoms with Gasteiger partial charge in [-0.2, -0.15) is 0 Å². The minimum absolute atomic E-state index is 0.184. The van der Waals surface area contributed by atoms with Crippen LogP contribution >= 0.6 is 0 Å². The van der Waals surface area contributed by atoms with Crippen molar-refractivity contribution in [2.45, 2.75) is 45.1 Å². The highest BCUT2D eigenvalue weighted by Crippen LogP contribution is 2.28. The number of hydrogen-bond donors (Lipinski definition) is 1. The molecule has 0 aliphatic heterocycles. The molecule has 1 N–H and O–H groups in total. The molecule has 1 saturated carbocycles. The first kappa shape index (κ1) is 16.7. The molecule has 5 heteroatoms. The first-order valence-electron chi connectivity index (χ1n) is 7.99. The molecule has 0 unspecified atom stereocenters. The van der Waals surface area contributed by atoms with E-state index in [9.17, 15) is 13.6 Å². The van der Waals surface area contributed by atoms with Crippen LogP contribution in [0.5, 0.6) is 0 Å². The predicted octanol–water partition coefficient (Wildman–Crippen LogP) is 4.08. The summed E-state index contributed by atoms with van der Waals surface area (Å²) in [6.45, 7) is 0.920. The number of carbonyl (C=O) groups excluding carboxylic acids is 1. The highest BCUT2D eigenvalue weighted by Gasteiger charge is 2.15. The Bertz CT molecular complexity index is 501. The molecule has 122 valence electrons. The normalized spacial score (nSPS) is 15.0. The van der Waals surface area contributed by atoms with Gasteiger partial charge in [-0.15, -0.1) is 0 Å². The lowest BCUT2D eigenvalue weighted by Gasteiger charge is -2.18. The van der Waals surface area contributed by atoms with E-state index in [1.807, 2.05) is 0 Å². The summed E-state index contributed by atoms with van der Waals surface area (Å²) in [5, 5.41) is 2.87. The van der Waals surface area contributed by atoms with Crippen molar-refractivity contribution in [3.63, 3.8) is 0 Å². The van der Waals surface area contributed by atoms with Crippen molar-refractivity contribution in [3.8, 4) is 0 Å². The largest absolute Gasteiger partial charge is 0.338 e. The minimum atomic E-state index is -0.886. The first-order chi connectivity index (χ1) is 10.6. The summed E-state index contributed by atoms with van der Waals surface area (Å²) in [4.78, 5) is 13.4. The number of nitrogens with one attached hydrogen (secondary N) is 1. The Kier molecular flexibility index (Phi) is 6.16. The average molecular weight is 310 g/mol. The van der Waals surface area contributed by atoms with Crippen molar-refractivity contribution in [2.24, 2.45) is 5.92 Å². The molecule has 1 aliphatic rings. The number of urea groups is 1. The number of amides is 2. The van der Waals surface area contributed by atoms with Crippen molar-refractivity contribution >= 4 is 6.03 Å². The summed E-state index contributed by atoms with van der Waals surface area (Å²) in [7, 11) is 1.65. The van der Waals surface area contributed by atoms with Crippen molar-refractivity contribution in [3.05, 3.63) is 35.4 Å². The predicted molar refractivity (Wildman–Crippen MR) is 82.4 cm³/mol. The SMILES string of the molecule is CN(Cc1ccc(F)c(F)c1)C(=O)NCCCC1CCCC1. The zero-order chi connectivity index (χ0) is 15.9. The molecule has 2 rings (SSSR count). The molecule has 0 bridgehead atoms. The van der Waals surface area contributed by atoms with E-state index in [0.29, 0.717) is 12.1 Å². The van der Waals surface area contributed by atoms with Crippen LogP contribution < -0.4 is 5.32 Å². The minimum Gasteiger partial charge on any atom is -0.338 e. The Morgan fingerprint density at radius 1 is 1.27 bits per heavy atom. The smallest absolute Gasteiger partial charge is 0.317 e. The Morgan fingerprint density at radius 2 is 2.00 bits per heavy atom. The highest BCUT2D eigenvalue weighted by atomic mass is 19.2. The third-order valence-corrected chi connectivity index (χ3v) is 4.29. The lowest BCUT2D eigenvalue weighted by Crippen LogP contribution is -2.37. The Hall–Kier alpha value is -1.65. The van der Waals surface area contributed by atoms with Gasteiger partial charge in [0.05, 0.1) is 0 Å². The maximum absolute atomic E-state index is 13.1. The van der Waals surface area contributed by atoms with Crippen LogP contribution in [0.4, 0.5) is 13.6 Å². The van der Waals surface area contributed by atoms with E-state index >= 15 is 0 Å². The summed E-state index contributed by atoms with van der Waals surface area (Å²) >= 11 is 0. The molecule has 1 fully saturated rings. The average Bonchev–Trinajstić information content (AvgIpc) is 3.00. The molecular weight excluding hydrogens is 286 g/mol. The van der Waals surface area contributed by atoms with Gasteiger partial charge >= 0.3 is 6.03 Å². The van der Waals surface area contributed by atoms with Crippen LogP contribution in [0, 0.1) is 17.6 Å². The molecule has 0 spiro atoms. The molecule has 0 saturated heterocycles. The van der Waals surface area contributed by atoms with Gasteiger partial charge in [0, 0.05) is 20.1 Å². The molecule has 0 heterocycles. The van der Waals surface area contributed by atoms with Crippen molar-refractivity contribution in [2.75, 3.05) is 13.6 Å². The number of rotatable bonds is 6. The highest BCUT2D eigenvalue weighted by molar-refractivity contribution is 5.73. The molecule has 0 aromatic heterocycles. The molecule has 2 amide bonds. The maximum atomic E-state index is 13.1. The number of halogens is 2. The van der Waals surface area contributed by atoms with E-state index in [4.69, 9.17) is 0 Å². The van der Waals surface area contributed by atoms with Gasteiger partial charge in [-0.1, -0.05) is 31.7 Å². The van der Waals surface area contributed by atoms with Gasteiger partial charge in [0.1, 0.15) is 0 Å². The summed E-state index contributed by atoms with van der Waals surface area (Å²) in [6.07, 6.45) is 7.50. The second-order valence-electron chi connectivity index (χ2n) is 6.13. The fourth-order valence-electron chi connectivity index (χ4n) is 3.00. The second-order valence-corrected chi connectivity index (χ2v) is 6.13. The molecular formula is C17H24F2N2O. The monoisotopic (exact) mass is 310 g/mol. The van der Waals surface area contributed by atoms with E-state index in [2.05, 4.69) is 5.32 Å². The third-order valence-electron chi connectivity index (χ3n) is 4.29.